The lowest BCUT2D eigenvalue weighted by atomic mass is 9.64. The van der Waals surface area contributed by atoms with E-state index < -0.39 is 0 Å². The van der Waals surface area contributed by atoms with Crippen LogP contribution in [-0.4, -0.2) is 0 Å². The molecule has 0 spiro atoms. The number of benzene rings is 4. The van der Waals surface area contributed by atoms with E-state index in [1.165, 1.54) is 39.1 Å². The molecule has 0 bridgehead atoms. The highest BCUT2D eigenvalue weighted by molar-refractivity contribution is 5.62. The minimum absolute atomic E-state index is 0.114. The Labute approximate surface area is 215 Å². The number of hydrogen-bond donors (Lipinski definition) is 1. The predicted molar refractivity (Wildman–Crippen MR) is 149 cm³/mol. The zero-order valence-electron chi connectivity index (χ0n) is 21.7. The molecular formula is C34H35NO. The van der Waals surface area contributed by atoms with Crippen LogP contribution >= 0.6 is 0 Å². The van der Waals surface area contributed by atoms with E-state index in [9.17, 15) is 0 Å². The van der Waals surface area contributed by atoms with E-state index in [1.807, 2.05) is 0 Å². The van der Waals surface area contributed by atoms with Gasteiger partial charge in [0.1, 0.15) is 12.4 Å². The molecule has 0 saturated heterocycles. The van der Waals surface area contributed by atoms with Crippen molar-refractivity contribution >= 4 is 5.69 Å². The molecule has 182 valence electrons. The van der Waals surface area contributed by atoms with Crippen molar-refractivity contribution < 1.29 is 4.74 Å². The van der Waals surface area contributed by atoms with Gasteiger partial charge in [0, 0.05) is 28.5 Å². The lowest BCUT2D eigenvalue weighted by Crippen LogP contribution is -2.35. The maximum Gasteiger partial charge on any atom is 0.123 e. The van der Waals surface area contributed by atoms with Crippen molar-refractivity contribution in [3.8, 4) is 5.75 Å². The molecule has 6 rings (SSSR count). The van der Waals surface area contributed by atoms with Crippen molar-refractivity contribution in [3.05, 3.63) is 130 Å². The Bertz CT molecular complexity index is 1350. The van der Waals surface area contributed by atoms with Gasteiger partial charge in [-0.25, -0.2) is 0 Å². The van der Waals surface area contributed by atoms with Gasteiger partial charge in [-0.1, -0.05) is 113 Å². The van der Waals surface area contributed by atoms with Crippen LogP contribution in [0.15, 0.2) is 97.1 Å². The van der Waals surface area contributed by atoms with E-state index in [0.29, 0.717) is 18.4 Å². The van der Waals surface area contributed by atoms with E-state index in [2.05, 4.69) is 130 Å². The predicted octanol–water partition coefficient (Wildman–Crippen LogP) is 8.69. The van der Waals surface area contributed by atoms with Gasteiger partial charge in [-0.15, -0.1) is 0 Å². The van der Waals surface area contributed by atoms with Crippen LogP contribution in [-0.2, 0) is 6.61 Å². The normalized spacial score (nSPS) is 20.5. The van der Waals surface area contributed by atoms with Gasteiger partial charge in [-0.2, -0.15) is 0 Å². The Morgan fingerprint density at radius 3 is 2.03 bits per heavy atom. The Balaban J connectivity index is 1.60. The number of fused-ring (bicyclic) bond motifs is 4. The minimum atomic E-state index is -0.172. The van der Waals surface area contributed by atoms with Crippen molar-refractivity contribution in [2.75, 3.05) is 5.32 Å². The van der Waals surface area contributed by atoms with Crippen LogP contribution in [0.2, 0.25) is 0 Å². The lowest BCUT2D eigenvalue weighted by Gasteiger charge is -2.43. The number of anilines is 1. The van der Waals surface area contributed by atoms with Crippen molar-refractivity contribution in [2.45, 2.75) is 52.2 Å². The van der Waals surface area contributed by atoms with Gasteiger partial charge in [-0.05, 0) is 45.9 Å². The van der Waals surface area contributed by atoms with Crippen LogP contribution in [0.25, 0.3) is 0 Å². The van der Waals surface area contributed by atoms with Gasteiger partial charge in [0.2, 0.25) is 0 Å². The first-order valence-electron chi connectivity index (χ1n) is 13.2. The monoisotopic (exact) mass is 473 g/mol. The second-order valence-corrected chi connectivity index (χ2v) is 11.3. The van der Waals surface area contributed by atoms with Gasteiger partial charge in [-0.3, -0.25) is 0 Å². The summed E-state index contributed by atoms with van der Waals surface area (Å²) in [5.74, 6) is 2.00. The number of rotatable bonds is 3. The standard InChI is InChI=1S/C34H35NO/c1-22(2)31-25-15-7-8-16-26(25)33(35-29-19-11-9-17-27(29)31)34(3,4)32-24-14-6-5-13-23(24)21-36-30-20-12-10-18-28(30)32/h5-20,22,31-33,35H,21H2,1-4H3. The Morgan fingerprint density at radius 1 is 0.694 bits per heavy atom. The highest BCUT2D eigenvalue weighted by Crippen LogP contribution is 2.56. The topological polar surface area (TPSA) is 21.3 Å². The molecular weight excluding hydrogens is 438 g/mol. The number of ether oxygens (including phenoxy) is 1. The zero-order valence-corrected chi connectivity index (χ0v) is 21.7. The van der Waals surface area contributed by atoms with Crippen LogP contribution in [0, 0.1) is 11.3 Å². The highest BCUT2D eigenvalue weighted by atomic mass is 16.5. The second-order valence-electron chi connectivity index (χ2n) is 11.3. The fraction of sp³-hybridized carbons (Fsp3) is 0.294. The highest BCUT2D eigenvalue weighted by Gasteiger charge is 2.45. The zero-order chi connectivity index (χ0) is 24.9. The first-order chi connectivity index (χ1) is 17.5. The number of nitrogens with one attached hydrogen (secondary N) is 1. The van der Waals surface area contributed by atoms with Crippen molar-refractivity contribution in [2.24, 2.45) is 11.3 Å². The van der Waals surface area contributed by atoms with Crippen molar-refractivity contribution in [1.29, 1.82) is 0 Å². The first-order valence-corrected chi connectivity index (χ1v) is 13.2. The number of para-hydroxylation sites is 2. The van der Waals surface area contributed by atoms with Crippen molar-refractivity contribution in [1.82, 2.24) is 0 Å². The molecule has 2 aliphatic rings. The molecule has 0 amide bonds. The summed E-state index contributed by atoms with van der Waals surface area (Å²) in [7, 11) is 0. The quantitative estimate of drug-likeness (QED) is 0.321. The van der Waals surface area contributed by atoms with Gasteiger partial charge < -0.3 is 10.1 Å². The summed E-state index contributed by atoms with van der Waals surface area (Å²) in [6.45, 7) is 10.2. The third-order valence-corrected chi connectivity index (χ3v) is 8.37. The molecule has 4 aromatic rings. The van der Waals surface area contributed by atoms with E-state index in [0.717, 1.165) is 5.75 Å². The molecule has 2 nitrogen and oxygen atoms in total. The maximum atomic E-state index is 6.37. The molecule has 0 fully saturated rings. The summed E-state index contributed by atoms with van der Waals surface area (Å²) in [6.07, 6.45) is 0. The van der Waals surface area contributed by atoms with Gasteiger partial charge >= 0.3 is 0 Å². The second kappa shape index (κ2) is 8.85. The molecule has 2 heterocycles. The van der Waals surface area contributed by atoms with Gasteiger partial charge in [0.05, 0.1) is 6.04 Å². The summed E-state index contributed by atoms with van der Waals surface area (Å²) in [5.41, 5.74) is 9.21. The summed E-state index contributed by atoms with van der Waals surface area (Å²) in [5, 5.41) is 4.08. The fourth-order valence-electron chi connectivity index (χ4n) is 6.75. The third kappa shape index (κ3) is 3.63. The summed E-state index contributed by atoms with van der Waals surface area (Å²) in [6, 6.07) is 35.6. The first kappa shape index (κ1) is 22.9. The molecule has 2 heteroatoms. The molecule has 3 unspecified atom stereocenters. The molecule has 36 heavy (non-hydrogen) atoms. The Kier molecular flexibility index (Phi) is 5.63. The SMILES string of the molecule is CC(C)C1c2ccccc2NC(C(C)(C)C2c3ccccc3COc3ccccc32)c2ccccc21. The molecule has 0 aromatic heterocycles. The van der Waals surface area contributed by atoms with Crippen molar-refractivity contribution in [3.63, 3.8) is 0 Å². The van der Waals surface area contributed by atoms with Gasteiger partial charge in [0.15, 0.2) is 0 Å². The van der Waals surface area contributed by atoms with Crippen LogP contribution in [0.4, 0.5) is 5.69 Å². The molecule has 4 aromatic carbocycles. The Hall–Kier alpha value is -3.52. The summed E-state index contributed by atoms with van der Waals surface area (Å²) >= 11 is 0. The van der Waals surface area contributed by atoms with Crippen LogP contribution in [0.1, 0.15) is 79.0 Å². The van der Waals surface area contributed by atoms with Crippen LogP contribution in [0.3, 0.4) is 0 Å². The molecule has 1 N–H and O–H groups in total. The maximum absolute atomic E-state index is 6.37. The average Bonchev–Trinajstić information content (AvgIpc) is 3.15. The van der Waals surface area contributed by atoms with Crippen LogP contribution in [0.5, 0.6) is 5.75 Å². The molecule has 2 aliphatic heterocycles. The van der Waals surface area contributed by atoms with E-state index in [4.69, 9.17) is 4.74 Å². The molecule has 0 radical (unpaired) electrons. The average molecular weight is 474 g/mol. The lowest BCUT2D eigenvalue weighted by molar-refractivity contribution is 0.263. The largest absolute Gasteiger partial charge is 0.489 e. The third-order valence-electron chi connectivity index (χ3n) is 8.37. The molecule has 3 atom stereocenters. The van der Waals surface area contributed by atoms with Gasteiger partial charge in [0.25, 0.3) is 0 Å². The van der Waals surface area contributed by atoms with Crippen LogP contribution < -0.4 is 10.1 Å². The van der Waals surface area contributed by atoms with E-state index in [-0.39, 0.29) is 17.4 Å². The minimum Gasteiger partial charge on any atom is -0.489 e. The molecule has 0 saturated carbocycles. The summed E-state index contributed by atoms with van der Waals surface area (Å²) in [4.78, 5) is 0. The fourth-order valence-corrected chi connectivity index (χ4v) is 6.75. The summed E-state index contributed by atoms with van der Waals surface area (Å²) < 4.78 is 6.37. The Morgan fingerprint density at radius 2 is 1.28 bits per heavy atom. The van der Waals surface area contributed by atoms with E-state index >= 15 is 0 Å². The molecule has 0 aliphatic carbocycles. The smallest absolute Gasteiger partial charge is 0.123 e. The number of hydrogen-bond acceptors (Lipinski definition) is 2. The van der Waals surface area contributed by atoms with E-state index in [1.54, 1.807) is 0 Å².